The summed E-state index contributed by atoms with van der Waals surface area (Å²) in [6.07, 6.45) is 0. The van der Waals surface area contributed by atoms with Gasteiger partial charge in [0.05, 0.1) is 35.0 Å². The van der Waals surface area contributed by atoms with Crippen molar-refractivity contribution in [3.8, 4) is 23.0 Å². The summed E-state index contributed by atoms with van der Waals surface area (Å²) in [6, 6.07) is 11.5. The first-order valence-electron chi connectivity index (χ1n) is 9.09. The molecule has 0 aliphatic heterocycles. The molecule has 0 aliphatic carbocycles. The molecule has 28 heavy (non-hydrogen) atoms. The molecule has 0 heterocycles. The van der Waals surface area contributed by atoms with E-state index in [1.54, 1.807) is 28.4 Å². The second-order valence-corrected chi connectivity index (χ2v) is 5.92. The van der Waals surface area contributed by atoms with Crippen LogP contribution in [-0.4, -0.2) is 40.9 Å². The van der Waals surface area contributed by atoms with E-state index in [0.717, 1.165) is 35.1 Å². The number of nitrogens with zero attached hydrogens (tertiary/aromatic N) is 1. The molecule has 0 bridgehead atoms. The Morgan fingerprint density at radius 1 is 0.821 bits per heavy atom. The van der Waals surface area contributed by atoms with Crippen molar-refractivity contribution in [3.63, 3.8) is 0 Å². The molecule has 7 nitrogen and oxygen atoms in total. The fourth-order valence-corrected chi connectivity index (χ4v) is 2.67. The second kappa shape index (κ2) is 10.9. The van der Waals surface area contributed by atoms with Gasteiger partial charge < -0.3 is 29.6 Å². The summed E-state index contributed by atoms with van der Waals surface area (Å²) in [5.41, 5.74) is 2.04. The first kappa shape index (κ1) is 21.2. The second-order valence-electron chi connectivity index (χ2n) is 5.92. The molecule has 0 spiro atoms. The topological polar surface area (TPSA) is 73.3 Å². The molecule has 2 N–H and O–H groups in total. The lowest BCUT2D eigenvalue weighted by molar-refractivity contribution is 0.354. The van der Waals surface area contributed by atoms with Gasteiger partial charge in [-0.2, -0.15) is 0 Å². The van der Waals surface area contributed by atoms with Crippen molar-refractivity contribution < 1.29 is 18.9 Å². The number of ether oxygens (including phenoxy) is 4. The molecule has 0 saturated heterocycles. The van der Waals surface area contributed by atoms with Crippen LogP contribution in [0.25, 0.3) is 0 Å². The fourth-order valence-electron chi connectivity index (χ4n) is 2.67. The third-order valence-electron chi connectivity index (χ3n) is 4.15. The first-order valence-corrected chi connectivity index (χ1v) is 9.09. The van der Waals surface area contributed by atoms with Crippen LogP contribution in [0, 0.1) is 0 Å². The van der Waals surface area contributed by atoms with Crippen LogP contribution >= 0.6 is 0 Å². The van der Waals surface area contributed by atoms with Gasteiger partial charge in [0.2, 0.25) is 0 Å². The average molecular weight is 387 g/mol. The Bertz CT molecular complexity index is 793. The molecule has 2 aromatic rings. The van der Waals surface area contributed by atoms with Gasteiger partial charge in [0.25, 0.3) is 0 Å². The predicted octanol–water partition coefficient (Wildman–Crippen LogP) is 2.98. The molecule has 0 saturated carbocycles. The Balaban J connectivity index is 2.09. The van der Waals surface area contributed by atoms with E-state index in [4.69, 9.17) is 18.9 Å². The summed E-state index contributed by atoms with van der Waals surface area (Å²) >= 11 is 0. The maximum atomic E-state index is 5.45. The number of hydrogen-bond donors (Lipinski definition) is 2. The van der Waals surface area contributed by atoms with E-state index in [2.05, 4.69) is 15.6 Å². The van der Waals surface area contributed by atoms with Crippen molar-refractivity contribution in [2.45, 2.75) is 20.0 Å². The highest BCUT2D eigenvalue weighted by atomic mass is 16.5. The van der Waals surface area contributed by atoms with Crippen LogP contribution in [0.1, 0.15) is 18.1 Å². The van der Waals surface area contributed by atoms with E-state index in [1.807, 2.05) is 43.3 Å². The summed E-state index contributed by atoms with van der Waals surface area (Å²) < 4.78 is 21.3. The van der Waals surface area contributed by atoms with E-state index in [0.29, 0.717) is 24.6 Å². The monoisotopic (exact) mass is 387 g/mol. The van der Waals surface area contributed by atoms with E-state index in [9.17, 15) is 0 Å². The maximum Gasteiger partial charge on any atom is 0.191 e. The van der Waals surface area contributed by atoms with Crippen molar-refractivity contribution in [3.05, 3.63) is 47.5 Å². The summed E-state index contributed by atoms with van der Waals surface area (Å²) in [7, 11) is 6.53. The minimum atomic E-state index is 0.509. The van der Waals surface area contributed by atoms with Crippen LogP contribution in [0.2, 0.25) is 0 Å². The Hall–Kier alpha value is -3.09. The predicted molar refractivity (Wildman–Crippen MR) is 111 cm³/mol. The van der Waals surface area contributed by atoms with Crippen molar-refractivity contribution in [1.29, 1.82) is 0 Å². The molecule has 0 aromatic heterocycles. The lowest BCUT2D eigenvalue weighted by Crippen LogP contribution is -2.36. The molecule has 0 radical (unpaired) electrons. The largest absolute Gasteiger partial charge is 0.497 e. The van der Waals surface area contributed by atoms with Gasteiger partial charge in [-0.25, -0.2) is 4.99 Å². The van der Waals surface area contributed by atoms with E-state index < -0.39 is 0 Å². The highest BCUT2D eigenvalue weighted by molar-refractivity contribution is 5.79. The zero-order chi connectivity index (χ0) is 20.4. The Morgan fingerprint density at radius 2 is 1.57 bits per heavy atom. The number of guanidine groups is 1. The Labute approximate surface area is 166 Å². The van der Waals surface area contributed by atoms with Crippen molar-refractivity contribution >= 4 is 5.96 Å². The van der Waals surface area contributed by atoms with Crippen molar-refractivity contribution in [1.82, 2.24) is 10.6 Å². The van der Waals surface area contributed by atoms with E-state index >= 15 is 0 Å². The van der Waals surface area contributed by atoms with Gasteiger partial charge in [-0.1, -0.05) is 6.07 Å². The van der Waals surface area contributed by atoms with Crippen LogP contribution in [0.3, 0.4) is 0 Å². The zero-order valence-corrected chi connectivity index (χ0v) is 17.2. The molecule has 2 aromatic carbocycles. The standard InChI is InChI=1S/C21H29N3O4/c1-6-22-21(23-13-15-7-10-18(26-3)20(11-15)28-5)24-14-16-8-9-17(25-2)12-19(16)27-4/h7-12H,6,13-14H2,1-5H3,(H2,22,23,24). The van der Waals surface area contributed by atoms with Crippen LogP contribution in [0.5, 0.6) is 23.0 Å². The highest BCUT2D eigenvalue weighted by Gasteiger charge is 2.07. The lowest BCUT2D eigenvalue weighted by atomic mass is 10.2. The molecule has 0 atom stereocenters. The van der Waals surface area contributed by atoms with Crippen molar-refractivity contribution in [2.24, 2.45) is 4.99 Å². The van der Waals surface area contributed by atoms with Gasteiger partial charge in [-0.3, -0.25) is 0 Å². The third-order valence-corrected chi connectivity index (χ3v) is 4.15. The highest BCUT2D eigenvalue weighted by Crippen LogP contribution is 2.28. The van der Waals surface area contributed by atoms with Gasteiger partial charge in [0.1, 0.15) is 11.5 Å². The zero-order valence-electron chi connectivity index (χ0n) is 17.2. The van der Waals surface area contributed by atoms with Crippen LogP contribution in [-0.2, 0) is 13.1 Å². The maximum absolute atomic E-state index is 5.45. The molecule has 0 fully saturated rings. The van der Waals surface area contributed by atoms with Gasteiger partial charge in [0.15, 0.2) is 17.5 Å². The van der Waals surface area contributed by atoms with Gasteiger partial charge in [-0.05, 0) is 36.8 Å². The smallest absolute Gasteiger partial charge is 0.191 e. The summed E-state index contributed by atoms with van der Waals surface area (Å²) in [5.74, 6) is 3.63. The Morgan fingerprint density at radius 3 is 2.21 bits per heavy atom. The molecule has 2 rings (SSSR count). The fraction of sp³-hybridized carbons (Fsp3) is 0.381. The normalized spacial score (nSPS) is 11.0. The summed E-state index contributed by atoms with van der Waals surface area (Å²) in [5, 5.41) is 6.58. The quantitative estimate of drug-likeness (QED) is 0.509. The van der Waals surface area contributed by atoms with E-state index in [1.165, 1.54) is 0 Å². The molecule has 7 heteroatoms. The van der Waals surface area contributed by atoms with Crippen LogP contribution < -0.4 is 29.6 Å². The molecule has 0 aliphatic rings. The first-order chi connectivity index (χ1) is 13.6. The lowest BCUT2D eigenvalue weighted by Gasteiger charge is -2.14. The SMILES string of the molecule is CCNC(=NCc1ccc(OC)c(OC)c1)NCc1ccc(OC)cc1OC. The number of benzene rings is 2. The molecule has 152 valence electrons. The van der Waals surface area contributed by atoms with Crippen LogP contribution in [0.4, 0.5) is 0 Å². The van der Waals surface area contributed by atoms with Gasteiger partial charge in [-0.15, -0.1) is 0 Å². The average Bonchev–Trinajstić information content (AvgIpc) is 2.75. The molecular weight excluding hydrogens is 358 g/mol. The number of rotatable bonds is 9. The van der Waals surface area contributed by atoms with Crippen LogP contribution in [0.15, 0.2) is 41.4 Å². The number of methoxy groups -OCH3 is 4. The third kappa shape index (κ3) is 5.70. The number of nitrogens with one attached hydrogen (secondary N) is 2. The minimum absolute atomic E-state index is 0.509. The van der Waals surface area contributed by atoms with Gasteiger partial charge in [0, 0.05) is 24.7 Å². The Kier molecular flexibility index (Phi) is 8.27. The summed E-state index contributed by atoms with van der Waals surface area (Å²) in [6.45, 7) is 3.87. The minimum Gasteiger partial charge on any atom is -0.497 e. The number of aliphatic imine (C=N–C) groups is 1. The number of hydrogen-bond acceptors (Lipinski definition) is 5. The molecule has 0 amide bonds. The molecular formula is C21H29N3O4. The van der Waals surface area contributed by atoms with Crippen molar-refractivity contribution in [2.75, 3.05) is 35.0 Å². The van der Waals surface area contributed by atoms with Gasteiger partial charge >= 0.3 is 0 Å². The van der Waals surface area contributed by atoms with E-state index in [-0.39, 0.29) is 0 Å². The summed E-state index contributed by atoms with van der Waals surface area (Å²) in [4.78, 5) is 4.65. The molecule has 0 unspecified atom stereocenters.